The van der Waals surface area contributed by atoms with Gasteiger partial charge in [-0.05, 0) is 48.7 Å². The average molecular weight is 422 g/mol. The summed E-state index contributed by atoms with van der Waals surface area (Å²) >= 11 is 0. The lowest BCUT2D eigenvalue weighted by Crippen LogP contribution is -2.06. The van der Waals surface area contributed by atoms with Crippen LogP contribution < -0.4 is 10.1 Å². The highest BCUT2D eigenvalue weighted by Gasteiger charge is 2.25. The van der Waals surface area contributed by atoms with Gasteiger partial charge in [-0.1, -0.05) is 32.0 Å². The number of hydrogen-bond donors (Lipinski definition) is 1. The maximum Gasteiger partial charge on any atom is 0.373 e. The fraction of sp³-hybridized carbons (Fsp3) is 0.227. The molecule has 3 aromatic rings. The Balaban J connectivity index is 1.89. The van der Waals surface area contributed by atoms with Crippen molar-refractivity contribution in [2.45, 2.75) is 26.7 Å². The van der Waals surface area contributed by atoms with E-state index in [0.717, 1.165) is 5.56 Å². The zero-order chi connectivity index (χ0) is 22.4. The molecule has 1 N–H and O–H groups in total. The molecule has 0 aliphatic heterocycles. The molecule has 1 aromatic heterocycles. The Morgan fingerprint density at radius 3 is 2.55 bits per heavy atom. The summed E-state index contributed by atoms with van der Waals surface area (Å²) in [6.45, 7) is 6.09. The number of carbonyl (C=O) groups excluding carboxylic acids is 1. The lowest BCUT2D eigenvalue weighted by Gasteiger charge is -2.11. The van der Waals surface area contributed by atoms with Crippen LogP contribution in [0.1, 0.15) is 42.6 Å². The molecule has 2 aromatic carbocycles. The van der Waals surface area contributed by atoms with Crippen LogP contribution in [-0.2, 0) is 4.74 Å². The van der Waals surface area contributed by atoms with Crippen molar-refractivity contribution >= 4 is 23.2 Å². The zero-order valence-electron chi connectivity index (χ0n) is 17.4. The van der Waals surface area contributed by atoms with Crippen LogP contribution in [0, 0.1) is 10.1 Å². The van der Waals surface area contributed by atoms with Gasteiger partial charge in [0.05, 0.1) is 17.1 Å². The minimum absolute atomic E-state index is 0.0604. The predicted molar refractivity (Wildman–Crippen MR) is 115 cm³/mol. The van der Waals surface area contributed by atoms with E-state index in [9.17, 15) is 14.9 Å². The SMILES string of the molecule is CCOC(=O)c1cccc(Nc2ncnc(Oc3ccc(C(C)C)cc3)c2[N+](=O)[O-])c1. The number of anilines is 2. The molecule has 9 nitrogen and oxygen atoms in total. The summed E-state index contributed by atoms with van der Waals surface area (Å²) in [6, 6.07) is 13.7. The number of rotatable bonds is 8. The van der Waals surface area contributed by atoms with Crippen LogP contribution >= 0.6 is 0 Å². The molecule has 3 rings (SSSR count). The minimum Gasteiger partial charge on any atom is -0.462 e. The number of nitrogens with zero attached hydrogens (tertiary/aromatic N) is 3. The quantitative estimate of drug-likeness (QED) is 0.298. The highest BCUT2D eigenvalue weighted by atomic mass is 16.6. The summed E-state index contributed by atoms with van der Waals surface area (Å²) < 4.78 is 10.7. The summed E-state index contributed by atoms with van der Waals surface area (Å²) in [5, 5.41) is 14.6. The Bertz CT molecular complexity index is 1080. The molecule has 0 saturated carbocycles. The summed E-state index contributed by atoms with van der Waals surface area (Å²) in [6.07, 6.45) is 1.17. The molecule has 0 amide bonds. The van der Waals surface area contributed by atoms with Gasteiger partial charge in [0.15, 0.2) is 0 Å². The van der Waals surface area contributed by atoms with Gasteiger partial charge < -0.3 is 14.8 Å². The van der Waals surface area contributed by atoms with Gasteiger partial charge in [-0.3, -0.25) is 10.1 Å². The highest BCUT2D eigenvalue weighted by molar-refractivity contribution is 5.90. The normalized spacial score (nSPS) is 10.6. The number of aromatic nitrogens is 2. The molecular weight excluding hydrogens is 400 g/mol. The van der Waals surface area contributed by atoms with Crippen molar-refractivity contribution < 1.29 is 19.2 Å². The van der Waals surface area contributed by atoms with Crippen LogP contribution in [0.25, 0.3) is 0 Å². The van der Waals surface area contributed by atoms with Crippen LogP contribution in [-0.4, -0.2) is 27.5 Å². The number of nitro groups is 1. The fourth-order valence-electron chi connectivity index (χ4n) is 2.80. The minimum atomic E-state index is -0.616. The summed E-state index contributed by atoms with van der Waals surface area (Å²) in [4.78, 5) is 31.0. The summed E-state index contributed by atoms with van der Waals surface area (Å²) in [7, 11) is 0. The van der Waals surface area contributed by atoms with Crippen LogP contribution in [0.15, 0.2) is 54.9 Å². The second kappa shape index (κ2) is 9.66. The maximum atomic E-state index is 11.9. The first kappa shape index (κ1) is 21.7. The van der Waals surface area contributed by atoms with Crippen molar-refractivity contribution in [3.63, 3.8) is 0 Å². The van der Waals surface area contributed by atoms with Gasteiger partial charge in [0.2, 0.25) is 5.82 Å². The molecular formula is C22H22N4O5. The van der Waals surface area contributed by atoms with E-state index >= 15 is 0 Å². The topological polar surface area (TPSA) is 116 Å². The Morgan fingerprint density at radius 1 is 1.16 bits per heavy atom. The number of esters is 1. The molecule has 9 heteroatoms. The van der Waals surface area contributed by atoms with Crippen molar-refractivity contribution in [3.05, 3.63) is 76.1 Å². The van der Waals surface area contributed by atoms with Gasteiger partial charge in [-0.15, -0.1) is 0 Å². The third-order valence-corrected chi connectivity index (χ3v) is 4.37. The van der Waals surface area contributed by atoms with E-state index in [1.54, 1.807) is 37.3 Å². The smallest absolute Gasteiger partial charge is 0.373 e. The molecule has 0 aliphatic carbocycles. The Morgan fingerprint density at radius 2 is 1.90 bits per heavy atom. The second-order valence-electron chi connectivity index (χ2n) is 6.89. The Kier molecular flexibility index (Phi) is 6.76. The molecule has 0 radical (unpaired) electrons. The van der Waals surface area contributed by atoms with Crippen LogP contribution in [0.3, 0.4) is 0 Å². The third kappa shape index (κ3) is 5.33. The Hall–Kier alpha value is -4.01. The van der Waals surface area contributed by atoms with Crippen molar-refractivity contribution in [2.24, 2.45) is 0 Å². The van der Waals surface area contributed by atoms with Crippen LogP contribution in [0.2, 0.25) is 0 Å². The molecule has 0 atom stereocenters. The zero-order valence-corrected chi connectivity index (χ0v) is 17.4. The third-order valence-electron chi connectivity index (χ3n) is 4.37. The molecule has 31 heavy (non-hydrogen) atoms. The van der Waals surface area contributed by atoms with Crippen molar-refractivity contribution in [1.29, 1.82) is 0 Å². The predicted octanol–water partition coefficient (Wildman–Crippen LogP) is 5.22. The molecule has 160 valence electrons. The number of nitrogens with one attached hydrogen (secondary N) is 1. The van der Waals surface area contributed by atoms with Gasteiger partial charge in [0, 0.05) is 5.69 Å². The van der Waals surface area contributed by atoms with E-state index in [4.69, 9.17) is 9.47 Å². The van der Waals surface area contributed by atoms with Crippen molar-refractivity contribution in [2.75, 3.05) is 11.9 Å². The van der Waals surface area contributed by atoms with Crippen LogP contribution in [0.4, 0.5) is 17.2 Å². The molecule has 1 heterocycles. The first-order chi connectivity index (χ1) is 14.9. The number of hydrogen-bond acceptors (Lipinski definition) is 8. The van der Waals surface area contributed by atoms with E-state index < -0.39 is 16.6 Å². The maximum absolute atomic E-state index is 11.9. The molecule has 0 spiro atoms. The lowest BCUT2D eigenvalue weighted by atomic mass is 10.0. The molecule has 0 bridgehead atoms. The van der Waals surface area contributed by atoms with E-state index in [-0.39, 0.29) is 18.3 Å². The Labute approximate surface area is 179 Å². The summed E-state index contributed by atoms with van der Waals surface area (Å²) in [5.41, 5.74) is 1.44. The van der Waals surface area contributed by atoms with Crippen molar-refractivity contribution in [3.8, 4) is 11.6 Å². The number of benzene rings is 2. The lowest BCUT2D eigenvalue weighted by molar-refractivity contribution is -0.385. The monoisotopic (exact) mass is 422 g/mol. The fourth-order valence-corrected chi connectivity index (χ4v) is 2.80. The van der Waals surface area contributed by atoms with E-state index in [1.807, 2.05) is 12.1 Å². The van der Waals surface area contributed by atoms with Gasteiger partial charge >= 0.3 is 17.5 Å². The first-order valence-corrected chi connectivity index (χ1v) is 9.70. The second-order valence-corrected chi connectivity index (χ2v) is 6.89. The van der Waals surface area contributed by atoms with Crippen LogP contribution in [0.5, 0.6) is 11.6 Å². The van der Waals surface area contributed by atoms with Gasteiger partial charge in [0.1, 0.15) is 12.1 Å². The molecule has 0 unspecified atom stereocenters. The highest BCUT2D eigenvalue weighted by Crippen LogP contribution is 2.35. The molecule has 0 saturated heterocycles. The molecule has 0 fully saturated rings. The van der Waals surface area contributed by atoms with Gasteiger partial charge in [0.25, 0.3) is 0 Å². The van der Waals surface area contributed by atoms with Gasteiger partial charge in [-0.25, -0.2) is 9.78 Å². The number of ether oxygens (including phenoxy) is 2. The molecule has 0 aliphatic rings. The summed E-state index contributed by atoms with van der Waals surface area (Å²) in [5.74, 6) is 0.0263. The van der Waals surface area contributed by atoms with Crippen molar-refractivity contribution in [1.82, 2.24) is 9.97 Å². The van der Waals surface area contributed by atoms with E-state index in [2.05, 4.69) is 29.1 Å². The van der Waals surface area contributed by atoms with Gasteiger partial charge in [-0.2, -0.15) is 4.98 Å². The standard InChI is InChI=1S/C22H22N4O5/c1-4-30-22(27)16-6-5-7-17(12-16)25-20-19(26(28)29)21(24-13-23-20)31-18-10-8-15(9-11-18)14(2)3/h5-14H,4H2,1-3H3,(H,23,24,25). The largest absolute Gasteiger partial charge is 0.462 e. The van der Waals surface area contributed by atoms with E-state index in [1.165, 1.54) is 12.4 Å². The van der Waals surface area contributed by atoms with E-state index in [0.29, 0.717) is 22.9 Å². The number of carbonyl (C=O) groups is 1. The average Bonchev–Trinajstić information content (AvgIpc) is 2.74. The first-order valence-electron chi connectivity index (χ1n) is 9.70.